The van der Waals surface area contributed by atoms with E-state index in [1.807, 2.05) is 13.0 Å². The first-order valence-electron chi connectivity index (χ1n) is 6.72. The van der Waals surface area contributed by atoms with Gasteiger partial charge in [0.15, 0.2) is 0 Å². The van der Waals surface area contributed by atoms with Crippen molar-refractivity contribution in [1.29, 1.82) is 0 Å². The molecule has 1 unspecified atom stereocenters. The SMILES string of the molecule is Cc1nc(Cl)cc(N2CCC(N3CCCC3)C2)n1. The third kappa shape index (κ3) is 2.45. The quantitative estimate of drug-likeness (QED) is 0.768. The summed E-state index contributed by atoms with van der Waals surface area (Å²) in [6.07, 6.45) is 3.95. The Bertz CT molecular complexity index is 411. The van der Waals surface area contributed by atoms with Gasteiger partial charge < -0.3 is 4.90 Å². The highest BCUT2D eigenvalue weighted by molar-refractivity contribution is 6.29. The lowest BCUT2D eigenvalue weighted by molar-refractivity contribution is 0.260. The number of likely N-dealkylation sites (tertiary alicyclic amines) is 1. The molecule has 18 heavy (non-hydrogen) atoms. The molecule has 98 valence electrons. The number of hydrogen-bond acceptors (Lipinski definition) is 4. The Hall–Kier alpha value is -0.870. The van der Waals surface area contributed by atoms with Crippen LogP contribution in [0.3, 0.4) is 0 Å². The van der Waals surface area contributed by atoms with Crippen LogP contribution in [0.5, 0.6) is 0 Å². The molecule has 0 bridgehead atoms. The van der Waals surface area contributed by atoms with Gasteiger partial charge in [0.05, 0.1) is 0 Å². The summed E-state index contributed by atoms with van der Waals surface area (Å²) >= 11 is 6.00. The molecule has 1 aromatic heterocycles. The van der Waals surface area contributed by atoms with Crippen LogP contribution in [-0.4, -0.2) is 47.1 Å². The lowest BCUT2D eigenvalue weighted by atomic mass is 10.2. The van der Waals surface area contributed by atoms with Gasteiger partial charge in [0, 0.05) is 25.2 Å². The van der Waals surface area contributed by atoms with Gasteiger partial charge in [-0.15, -0.1) is 0 Å². The largest absolute Gasteiger partial charge is 0.355 e. The van der Waals surface area contributed by atoms with Crippen molar-refractivity contribution in [3.8, 4) is 0 Å². The van der Waals surface area contributed by atoms with E-state index in [0.717, 1.165) is 24.7 Å². The van der Waals surface area contributed by atoms with Crippen molar-refractivity contribution in [1.82, 2.24) is 14.9 Å². The zero-order valence-corrected chi connectivity index (χ0v) is 11.5. The summed E-state index contributed by atoms with van der Waals surface area (Å²) in [5.74, 6) is 1.73. The summed E-state index contributed by atoms with van der Waals surface area (Å²) in [5, 5.41) is 0.544. The highest BCUT2D eigenvalue weighted by atomic mass is 35.5. The van der Waals surface area contributed by atoms with E-state index in [9.17, 15) is 0 Å². The molecule has 2 aliphatic rings. The topological polar surface area (TPSA) is 32.3 Å². The Kier molecular flexibility index (Phi) is 3.39. The number of aryl methyl sites for hydroxylation is 1. The molecular weight excluding hydrogens is 248 g/mol. The van der Waals surface area contributed by atoms with Gasteiger partial charge in [0.25, 0.3) is 0 Å². The summed E-state index contributed by atoms with van der Waals surface area (Å²) in [6, 6.07) is 2.57. The second-order valence-electron chi connectivity index (χ2n) is 5.23. The fraction of sp³-hybridized carbons (Fsp3) is 0.692. The van der Waals surface area contributed by atoms with Gasteiger partial charge in [-0.05, 0) is 39.3 Å². The Balaban J connectivity index is 1.70. The van der Waals surface area contributed by atoms with E-state index in [1.165, 1.54) is 32.4 Å². The van der Waals surface area contributed by atoms with Crippen LogP contribution in [0.4, 0.5) is 5.82 Å². The average Bonchev–Trinajstić information content (AvgIpc) is 2.99. The van der Waals surface area contributed by atoms with Gasteiger partial charge in [-0.1, -0.05) is 11.6 Å². The number of rotatable bonds is 2. The van der Waals surface area contributed by atoms with Gasteiger partial charge in [-0.25, -0.2) is 9.97 Å². The Morgan fingerprint density at radius 2 is 2.00 bits per heavy atom. The second-order valence-corrected chi connectivity index (χ2v) is 5.61. The lowest BCUT2D eigenvalue weighted by Crippen LogP contribution is -2.35. The lowest BCUT2D eigenvalue weighted by Gasteiger charge is -2.24. The van der Waals surface area contributed by atoms with E-state index in [0.29, 0.717) is 11.2 Å². The number of anilines is 1. The molecule has 1 atom stereocenters. The minimum Gasteiger partial charge on any atom is -0.355 e. The van der Waals surface area contributed by atoms with Crippen molar-refractivity contribution in [2.24, 2.45) is 0 Å². The summed E-state index contributed by atoms with van der Waals surface area (Å²) in [4.78, 5) is 13.6. The third-order valence-corrected chi connectivity index (χ3v) is 4.13. The molecule has 2 saturated heterocycles. The molecule has 3 heterocycles. The van der Waals surface area contributed by atoms with E-state index in [-0.39, 0.29) is 0 Å². The molecule has 2 aliphatic heterocycles. The van der Waals surface area contributed by atoms with E-state index < -0.39 is 0 Å². The molecular formula is C13H19ClN4. The third-order valence-electron chi connectivity index (χ3n) is 3.94. The van der Waals surface area contributed by atoms with Crippen molar-refractivity contribution in [2.45, 2.75) is 32.2 Å². The van der Waals surface area contributed by atoms with Crippen LogP contribution in [0.2, 0.25) is 5.15 Å². The number of hydrogen-bond donors (Lipinski definition) is 0. The number of nitrogens with zero attached hydrogens (tertiary/aromatic N) is 4. The molecule has 1 aromatic rings. The molecule has 3 rings (SSSR count). The highest BCUT2D eigenvalue weighted by Crippen LogP contribution is 2.25. The van der Waals surface area contributed by atoms with Crippen molar-refractivity contribution < 1.29 is 0 Å². The zero-order valence-electron chi connectivity index (χ0n) is 10.8. The summed E-state index contributed by atoms with van der Waals surface area (Å²) in [5.41, 5.74) is 0. The first-order valence-corrected chi connectivity index (χ1v) is 7.10. The van der Waals surface area contributed by atoms with E-state index in [1.54, 1.807) is 0 Å². The standard InChI is InChI=1S/C13H19ClN4/c1-10-15-12(14)8-13(16-10)18-7-4-11(9-18)17-5-2-3-6-17/h8,11H,2-7,9H2,1H3. The molecule has 0 N–H and O–H groups in total. The Labute approximate surface area is 113 Å². The van der Waals surface area contributed by atoms with Gasteiger partial charge in [-0.3, -0.25) is 4.90 Å². The average molecular weight is 267 g/mol. The summed E-state index contributed by atoms with van der Waals surface area (Å²) in [6.45, 7) is 6.58. The second kappa shape index (κ2) is 5.02. The maximum atomic E-state index is 6.00. The van der Waals surface area contributed by atoms with Crippen LogP contribution in [0, 0.1) is 6.92 Å². The van der Waals surface area contributed by atoms with Crippen LogP contribution in [0.25, 0.3) is 0 Å². The van der Waals surface area contributed by atoms with E-state index >= 15 is 0 Å². The van der Waals surface area contributed by atoms with Gasteiger partial charge in [0.2, 0.25) is 0 Å². The zero-order chi connectivity index (χ0) is 12.5. The predicted octanol–water partition coefficient (Wildman–Crippen LogP) is 2.11. The normalized spacial score (nSPS) is 25.0. The molecule has 0 aromatic carbocycles. The highest BCUT2D eigenvalue weighted by Gasteiger charge is 2.29. The summed E-state index contributed by atoms with van der Waals surface area (Å²) < 4.78 is 0. The van der Waals surface area contributed by atoms with Gasteiger partial charge in [0.1, 0.15) is 16.8 Å². The van der Waals surface area contributed by atoms with Crippen molar-refractivity contribution in [3.63, 3.8) is 0 Å². The molecule has 0 spiro atoms. The Morgan fingerprint density at radius 3 is 2.72 bits per heavy atom. The van der Waals surface area contributed by atoms with Gasteiger partial charge in [-0.2, -0.15) is 0 Å². The van der Waals surface area contributed by atoms with Crippen LogP contribution in [0.1, 0.15) is 25.1 Å². The summed E-state index contributed by atoms with van der Waals surface area (Å²) in [7, 11) is 0. The predicted molar refractivity (Wildman–Crippen MR) is 73.2 cm³/mol. The Morgan fingerprint density at radius 1 is 1.22 bits per heavy atom. The number of aromatic nitrogens is 2. The van der Waals surface area contributed by atoms with Crippen LogP contribution >= 0.6 is 11.6 Å². The minimum atomic E-state index is 0.544. The number of halogens is 1. The fourth-order valence-electron chi connectivity index (χ4n) is 3.03. The maximum Gasteiger partial charge on any atom is 0.134 e. The van der Waals surface area contributed by atoms with Crippen LogP contribution < -0.4 is 4.90 Å². The van der Waals surface area contributed by atoms with Crippen molar-refractivity contribution in [2.75, 3.05) is 31.1 Å². The fourth-order valence-corrected chi connectivity index (χ4v) is 3.25. The minimum absolute atomic E-state index is 0.544. The first kappa shape index (κ1) is 12.2. The van der Waals surface area contributed by atoms with Crippen LogP contribution in [0.15, 0.2) is 6.07 Å². The molecule has 0 amide bonds. The first-order chi connectivity index (χ1) is 8.72. The molecule has 5 heteroatoms. The molecule has 0 radical (unpaired) electrons. The van der Waals surface area contributed by atoms with E-state index in [2.05, 4.69) is 19.8 Å². The van der Waals surface area contributed by atoms with E-state index in [4.69, 9.17) is 11.6 Å². The smallest absolute Gasteiger partial charge is 0.134 e. The van der Waals surface area contributed by atoms with Crippen molar-refractivity contribution >= 4 is 17.4 Å². The van der Waals surface area contributed by atoms with Gasteiger partial charge >= 0.3 is 0 Å². The molecule has 0 saturated carbocycles. The molecule has 0 aliphatic carbocycles. The van der Waals surface area contributed by atoms with Crippen LogP contribution in [-0.2, 0) is 0 Å². The van der Waals surface area contributed by atoms with Crippen molar-refractivity contribution in [3.05, 3.63) is 17.0 Å². The molecule has 4 nitrogen and oxygen atoms in total. The molecule has 2 fully saturated rings. The monoisotopic (exact) mass is 266 g/mol. The maximum absolute atomic E-state index is 6.00.